The molecule has 3 heterocycles. The fourth-order valence-corrected chi connectivity index (χ4v) is 4.93. The van der Waals surface area contributed by atoms with Gasteiger partial charge in [-0.2, -0.15) is 0 Å². The summed E-state index contributed by atoms with van der Waals surface area (Å²) in [5.74, 6) is -3.39. The maximum absolute atomic E-state index is 15.3. The number of fused-ring (bicyclic) bond motifs is 1. The highest BCUT2D eigenvalue weighted by Gasteiger charge is 2.25. The zero-order valence-corrected chi connectivity index (χ0v) is 24.6. The van der Waals surface area contributed by atoms with E-state index in [0.717, 1.165) is 12.1 Å². The molecule has 1 amide bonds. The lowest BCUT2D eigenvalue weighted by atomic mass is 9.95. The van der Waals surface area contributed by atoms with Gasteiger partial charge in [0.15, 0.2) is 28.9 Å². The smallest absolute Gasteiger partial charge is 0.261 e. The molecular weight excluding hydrogens is 577 g/mol. The van der Waals surface area contributed by atoms with Gasteiger partial charge in [-0.25, -0.2) is 18.2 Å². The van der Waals surface area contributed by atoms with E-state index in [1.54, 1.807) is 38.5 Å². The van der Waals surface area contributed by atoms with Crippen molar-refractivity contribution in [1.82, 2.24) is 14.5 Å². The summed E-state index contributed by atoms with van der Waals surface area (Å²) in [6, 6.07) is 8.48. The lowest BCUT2D eigenvalue weighted by Crippen LogP contribution is -2.28. The number of ether oxygens (including phenoxy) is 3. The Kier molecular flexibility index (Phi) is 8.01. The molecule has 0 saturated heterocycles. The topological polar surface area (TPSA) is 105 Å². The third-order valence-electron chi connectivity index (χ3n) is 7.38. The van der Waals surface area contributed by atoms with Gasteiger partial charge in [0.25, 0.3) is 11.8 Å². The first kappa shape index (κ1) is 30.1. The molecule has 0 atom stereocenters. The Hall–Kier alpha value is -5.39. The number of aryl methyl sites for hydroxylation is 1. The molecule has 1 N–H and O–H groups in total. The summed E-state index contributed by atoms with van der Waals surface area (Å²) in [5, 5.41) is 2.31. The molecule has 0 radical (unpaired) electrons. The monoisotopic (exact) mass is 604 g/mol. The van der Waals surface area contributed by atoms with E-state index in [1.165, 1.54) is 44.7 Å². The van der Waals surface area contributed by atoms with Gasteiger partial charge in [-0.15, -0.1) is 0 Å². The molecule has 0 saturated carbocycles. The molecule has 0 spiro atoms. The first-order valence-electron chi connectivity index (χ1n) is 13.3. The van der Waals surface area contributed by atoms with Crippen molar-refractivity contribution in [1.29, 1.82) is 0 Å². The zero-order chi connectivity index (χ0) is 31.9. The molecule has 0 bridgehead atoms. The highest BCUT2D eigenvalue weighted by Crippen LogP contribution is 2.36. The van der Waals surface area contributed by atoms with Crippen LogP contribution in [0, 0.1) is 38.2 Å². The van der Waals surface area contributed by atoms with E-state index in [4.69, 9.17) is 14.2 Å². The normalized spacial score (nSPS) is 11.0. The number of methoxy groups -OCH3 is 2. The predicted octanol–water partition coefficient (Wildman–Crippen LogP) is 6.40. The third kappa shape index (κ3) is 5.30. The quantitative estimate of drug-likeness (QED) is 0.229. The number of anilines is 1. The minimum atomic E-state index is -1.02. The van der Waals surface area contributed by atoms with E-state index in [0.29, 0.717) is 33.8 Å². The van der Waals surface area contributed by atoms with Crippen molar-refractivity contribution in [3.8, 4) is 34.3 Å². The number of benzene rings is 2. The van der Waals surface area contributed by atoms with E-state index in [2.05, 4.69) is 15.3 Å². The van der Waals surface area contributed by atoms with Crippen LogP contribution >= 0.6 is 0 Å². The van der Waals surface area contributed by atoms with Gasteiger partial charge in [0, 0.05) is 54.5 Å². The van der Waals surface area contributed by atoms with Crippen molar-refractivity contribution < 1.29 is 32.2 Å². The molecule has 12 heteroatoms. The summed E-state index contributed by atoms with van der Waals surface area (Å²) in [6.07, 6.45) is 1.40. The first-order valence-corrected chi connectivity index (χ1v) is 13.3. The second kappa shape index (κ2) is 11.7. The third-order valence-corrected chi connectivity index (χ3v) is 7.38. The van der Waals surface area contributed by atoms with Crippen LogP contribution in [0.3, 0.4) is 0 Å². The zero-order valence-electron chi connectivity index (χ0n) is 24.6. The number of pyridine rings is 3. The van der Waals surface area contributed by atoms with Gasteiger partial charge in [0.1, 0.15) is 16.9 Å². The SMILES string of the molecule is COc1cc2nccc(Oc3cc(F)c(NC(=O)c4c(C)n(C)c(C)c(-c5ccc(F)cc5C)c4=O)cc3F)c2nc1OC. The van der Waals surface area contributed by atoms with Crippen molar-refractivity contribution in [2.45, 2.75) is 20.8 Å². The van der Waals surface area contributed by atoms with Gasteiger partial charge >= 0.3 is 0 Å². The number of rotatable bonds is 7. The van der Waals surface area contributed by atoms with Crippen LogP contribution in [0.25, 0.3) is 22.2 Å². The predicted molar refractivity (Wildman–Crippen MR) is 158 cm³/mol. The van der Waals surface area contributed by atoms with Crippen molar-refractivity contribution in [3.05, 3.63) is 98.9 Å². The molecule has 0 aliphatic rings. The molecule has 9 nitrogen and oxygen atoms in total. The van der Waals surface area contributed by atoms with E-state index in [-0.39, 0.29) is 28.3 Å². The number of nitrogens with one attached hydrogen (secondary N) is 1. The molecule has 5 aromatic rings. The van der Waals surface area contributed by atoms with Gasteiger partial charge in [-0.05, 0) is 44.0 Å². The van der Waals surface area contributed by atoms with Gasteiger partial charge < -0.3 is 24.1 Å². The second-order valence-corrected chi connectivity index (χ2v) is 9.96. The number of aromatic nitrogens is 3. The number of halogens is 3. The van der Waals surface area contributed by atoms with Crippen LogP contribution in [0.5, 0.6) is 23.1 Å². The number of nitrogens with zero attached hydrogens (tertiary/aromatic N) is 3. The number of carbonyl (C=O) groups excluding carboxylic acids is 1. The summed E-state index contributed by atoms with van der Waals surface area (Å²) < 4.78 is 62.1. The van der Waals surface area contributed by atoms with Crippen LogP contribution in [0.15, 0.2) is 53.5 Å². The first-order chi connectivity index (χ1) is 20.9. The molecule has 44 heavy (non-hydrogen) atoms. The van der Waals surface area contributed by atoms with Crippen LogP contribution in [0.1, 0.15) is 27.3 Å². The fourth-order valence-electron chi connectivity index (χ4n) is 4.93. The Labute approximate surface area is 249 Å². The molecule has 0 fully saturated rings. The van der Waals surface area contributed by atoms with E-state index < -0.39 is 40.2 Å². The Bertz CT molecular complexity index is 2030. The van der Waals surface area contributed by atoms with E-state index in [9.17, 15) is 14.0 Å². The average molecular weight is 605 g/mol. The standard InChI is InChI=1S/C32H27F3N4O5/c1-15-11-18(33)7-8-19(15)27-16(2)39(4)17(3)28(30(27)40)31(41)37-22-12-21(35)25(13-20(22)34)44-24-9-10-36-23-14-26(42-5)32(43-6)38-29(23)24/h7-14H,1-6H3,(H,37,41). The Morgan fingerprint density at radius 3 is 2.32 bits per heavy atom. The van der Waals surface area contributed by atoms with E-state index in [1.807, 2.05) is 0 Å². The Morgan fingerprint density at radius 2 is 1.64 bits per heavy atom. The molecule has 2 aromatic carbocycles. The fraction of sp³-hybridized carbons (Fsp3) is 0.188. The van der Waals surface area contributed by atoms with Crippen LogP contribution in [0.2, 0.25) is 0 Å². The number of hydrogen-bond donors (Lipinski definition) is 1. The van der Waals surface area contributed by atoms with Gasteiger partial charge in [-0.3, -0.25) is 14.6 Å². The van der Waals surface area contributed by atoms with Crippen LogP contribution < -0.4 is 25.0 Å². The number of hydrogen-bond acceptors (Lipinski definition) is 7. The number of carbonyl (C=O) groups is 1. The molecule has 0 aliphatic carbocycles. The second-order valence-electron chi connectivity index (χ2n) is 9.96. The van der Waals surface area contributed by atoms with Crippen LogP contribution in [0.4, 0.5) is 18.9 Å². The van der Waals surface area contributed by atoms with Gasteiger partial charge in [0.05, 0.1) is 25.4 Å². The molecule has 0 unspecified atom stereocenters. The molecule has 226 valence electrons. The average Bonchev–Trinajstić information content (AvgIpc) is 2.99. The summed E-state index contributed by atoms with van der Waals surface area (Å²) in [5.41, 5.74) is 1.16. The summed E-state index contributed by atoms with van der Waals surface area (Å²) in [7, 11) is 4.50. The Balaban J connectivity index is 1.50. The maximum Gasteiger partial charge on any atom is 0.261 e. The molecule has 0 aliphatic heterocycles. The van der Waals surface area contributed by atoms with E-state index >= 15 is 8.78 Å². The Morgan fingerprint density at radius 1 is 0.886 bits per heavy atom. The van der Waals surface area contributed by atoms with Crippen LogP contribution in [-0.2, 0) is 7.05 Å². The van der Waals surface area contributed by atoms with Crippen molar-refractivity contribution in [2.75, 3.05) is 19.5 Å². The summed E-state index contributed by atoms with van der Waals surface area (Å²) in [4.78, 5) is 35.6. The van der Waals surface area contributed by atoms with Crippen molar-refractivity contribution in [2.24, 2.45) is 7.05 Å². The van der Waals surface area contributed by atoms with Crippen molar-refractivity contribution >= 4 is 22.6 Å². The highest BCUT2D eigenvalue weighted by atomic mass is 19.1. The van der Waals surface area contributed by atoms with Gasteiger partial charge in [-0.1, -0.05) is 6.07 Å². The lowest BCUT2D eigenvalue weighted by Gasteiger charge is -2.19. The highest BCUT2D eigenvalue weighted by molar-refractivity contribution is 6.06. The summed E-state index contributed by atoms with van der Waals surface area (Å²) in [6.45, 7) is 4.92. The lowest BCUT2D eigenvalue weighted by molar-refractivity contribution is 0.102. The maximum atomic E-state index is 15.3. The largest absolute Gasteiger partial charge is 0.491 e. The minimum absolute atomic E-state index is 0.0634. The van der Waals surface area contributed by atoms with Crippen LogP contribution in [-0.4, -0.2) is 34.7 Å². The molecule has 5 rings (SSSR count). The molecule has 3 aromatic heterocycles. The van der Waals surface area contributed by atoms with Crippen molar-refractivity contribution in [3.63, 3.8) is 0 Å². The molecular formula is C32H27F3N4O5. The number of amides is 1. The summed E-state index contributed by atoms with van der Waals surface area (Å²) >= 11 is 0. The minimum Gasteiger partial charge on any atom is -0.491 e. The van der Waals surface area contributed by atoms with Gasteiger partial charge in [0.2, 0.25) is 5.43 Å².